The van der Waals surface area contributed by atoms with Crippen molar-refractivity contribution in [3.8, 4) is 11.3 Å². The third-order valence-electron chi connectivity index (χ3n) is 4.95. The predicted octanol–water partition coefficient (Wildman–Crippen LogP) is 6.80. The van der Waals surface area contributed by atoms with Crippen molar-refractivity contribution < 1.29 is 0 Å². The second-order valence-corrected chi connectivity index (χ2v) is 7.29. The van der Waals surface area contributed by atoms with Crippen LogP contribution in [0.2, 0.25) is 0 Å². The van der Waals surface area contributed by atoms with Crippen molar-refractivity contribution in [2.75, 3.05) is 0 Å². The number of fused-ring (bicyclic) bond motifs is 3. The van der Waals surface area contributed by atoms with Gasteiger partial charge in [-0.2, -0.15) is 0 Å². The van der Waals surface area contributed by atoms with Crippen molar-refractivity contribution >= 4 is 21.5 Å². The van der Waals surface area contributed by atoms with Gasteiger partial charge in [-0.3, -0.25) is 4.98 Å². The Balaban J connectivity index is 2.06. The Kier molecular flexibility index (Phi) is 3.80. The van der Waals surface area contributed by atoms with Crippen LogP contribution in [0, 0.1) is 13.8 Å². The SMILES string of the molecule is Cc1cc(C)cc(-c2nccc3c2ccc2c(C(C)C)cccc23)c1. The molecule has 1 heteroatoms. The highest BCUT2D eigenvalue weighted by atomic mass is 14.7. The first-order valence-electron chi connectivity index (χ1n) is 8.93. The molecule has 0 unspecified atom stereocenters. The molecule has 0 radical (unpaired) electrons. The number of rotatable bonds is 2. The Hall–Kier alpha value is -2.67. The van der Waals surface area contributed by atoms with Crippen LogP contribution in [-0.4, -0.2) is 4.98 Å². The molecule has 1 aromatic heterocycles. The summed E-state index contributed by atoms with van der Waals surface area (Å²) in [4.78, 5) is 4.72. The van der Waals surface area contributed by atoms with Crippen LogP contribution in [0.5, 0.6) is 0 Å². The molecular weight excluding hydrogens is 302 g/mol. The molecule has 0 amide bonds. The van der Waals surface area contributed by atoms with Crippen LogP contribution >= 0.6 is 0 Å². The van der Waals surface area contributed by atoms with E-state index >= 15 is 0 Å². The van der Waals surface area contributed by atoms with Crippen LogP contribution in [0.4, 0.5) is 0 Å². The maximum atomic E-state index is 4.72. The highest BCUT2D eigenvalue weighted by molar-refractivity contribution is 6.12. The van der Waals surface area contributed by atoms with Gasteiger partial charge in [0.05, 0.1) is 5.69 Å². The molecule has 0 saturated carbocycles. The molecule has 0 bridgehead atoms. The first kappa shape index (κ1) is 15.8. The van der Waals surface area contributed by atoms with Crippen LogP contribution in [0.15, 0.2) is 60.8 Å². The van der Waals surface area contributed by atoms with Crippen molar-refractivity contribution in [2.24, 2.45) is 0 Å². The van der Waals surface area contributed by atoms with Gasteiger partial charge in [-0.1, -0.05) is 61.4 Å². The molecule has 3 aromatic carbocycles. The van der Waals surface area contributed by atoms with E-state index in [2.05, 4.69) is 82.3 Å². The minimum Gasteiger partial charge on any atom is -0.256 e. The summed E-state index contributed by atoms with van der Waals surface area (Å²) in [5.41, 5.74) is 6.22. The number of hydrogen-bond acceptors (Lipinski definition) is 1. The minimum absolute atomic E-state index is 0.516. The lowest BCUT2D eigenvalue weighted by atomic mass is 9.92. The van der Waals surface area contributed by atoms with E-state index in [1.54, 1.807) is 0 Å². The van der Waals surface area contributed by atoms with Crippen LogP contribution in [0.25, 0.3) is 32.8 Å². The van der Waals surface area contributed by atoms with Crippen LogP contribution in [0.1, 0.15) is 36.5 Å². The second-order valence-electron chi connectivity index (χ2n) is 7.29. The molecular formula is C24H23N. The van der Waals surface area contributed by atoms with E-state index in [0.29, 0.717) is 5.92 Å². The fraction of sp³-hybridized carbons (Fsp3) is 0.208. The Morgan fingerprint density at radius 3 is 2.12 bits per heavy atom. The van der Waals surface area contributed by atoms with Gasteiger partial charge in [0.2, 0.25) is 0 Å². The fourth-order valence-electron chi connectivity index (χ4n) is 3.89. The predicted molar refractivity (Wildman–Crippen MR) is 108 cm³/mol. The lowest BCUT2D eigenvalue weighted by Crippen LogP contribution is -1.92. The van der Waals surface area contributed by atoms with E-state index in [-0.39, 0.29) is 0 Å². The fourth-order valence-corrected chi connectivity index (χ4v) is 3.89. The van der Waals surface area contributed by atoms with E-state index in [4.69, 9.17) is 4.98 Å². The number of aromatic nitrogens is 1. The van der Waals surface area contributed by atoms with Gasteiger partial charge in [0.1, 0.15) is 0 Å². The molecule has 0 fully saturated rings. The average molecular weight is 325 g/mol. The number of benzene rings is 3. The van der Waals surface area contributed by atoms with Gasteiger partial charge >= 0.3 is 0 Å². The second kappa shape index (κ2) is 6.00. The number of pyridine rings is 1. The number of nitrogens with zero attached hydrogens (tertiary/aromatic N) is 1. The minimum atomic E-state index is 0.516. The smallest absolute Gasteiger partial charge is 0.0780 e. The first-order chi connectivity index (χ1) is 12.0. The van der Waals surface area contributed by atoms with E-state index < -0.39 is 0 Å². The lowest BCUT2D eigenvalue weighted by molar-refractivity contribution is 0.876. The zero-order chi connectivity index (χ0) is 17.6. The standard InChI is InChI=1S/C24H23N/c1-15(2)19-6-5-7-20-21(19)8-9-23-22(20)10-11-25-24(23)18-13-16(3)12-17(4)14-18/h5-15H,1-4H3. The van der Waals surface area contributed by atoms with Crippen LogP contribution in [0.3, 0.4) is 0 Å². The molecule has 1 nitrogen and oxygen atoms in total. The van der Waals surface area contributed by atoms with Crippen molar-refractivity contribution in [2.45, 2.75) is 33.6 Å². The van der Waals surface area contributed by atoms with Crippen LogP contribution in [-0.2, 0) is 0 Å². The maximum absolute atomic E-state index is 4.72. The summed E-state index contributed by atoms with van der Waals surface area (Å²) in [6.45, 7) is 8.80. The number of aryl methyl sites for hydroxylation is 2. The normalized spacial score (nSPS) is 11.6. The largest absolute Gasteiger partial charge is 0.256 e. The van der Waals surface area contributed by atoms with E-state index in [0.717, 1.165) is 5.69 Å². The van der Waals surface area contributed by atoms with Gasteiger partial charge in [0, 0.05) is 17.1 Å². The zero-order valence-corrected chi connectivity index (χ0v) is 15.3. The van der Waals surface area contributed by atoms with Crippen molar-refractivity contribution in [1.82, 2.24) is 4.98 Å². The quantitative estimate of drug-likeness (QED) is 0.369. The van der Waals surface area contributed by atoms with E-state index in [1.165, 1.54) is 43.8 Å². The highest BCUT2D eigenvalue weighted by Crippen LogP contribution is 2.35. The molecule has 0 aliphatic carbocycles. The molecule has 4 aromatic rings. The van der Waals surface area contributed by atoms with Gasteiger partial charge < -0.3 is 0 Å². The molecule has 0 saturated heterocycles. The molecule has 0 aliphatic heterocycles. The molecule has 124 valence electrons. The lowest BCUT2D eigenvalue weighted by Gasteiger charge is -2.14. The summed E-state index contributed by atoms with van der Waals surface area (Å²) in [5, 5.41) is 5.17. The first-order valence-corrected chi connectivity index (χ1v) is 8.93. The van der Waals surface area contributed by atoms with Gasteiger partial charge in [-0.25, -0.2) is 0 Å². The third kappa shape index (κ3) is 2.70. The van der Waals surface area contributed by atoms with Crippen LogP contribution < -0.4 is 0 Å². The summed E-state index contributed by atoms with van der Waals surface area (Å²) in [6, 6.07) is 20.0. The van der Waals surface area contributed by atoms with Gasteiger partial charge in [0.25, 0.3) is 0 Å². The summed E-state index contributed by atoms with van der Waals surface area (Å²) in [7, 11) is 0. The molecule has 0 atom stereocenters. The number of hydrogen-bond donors (Lipinski definition) is 0. The Labute approximate surface area is 149 Å². The topological polar surface area (TPSA) is 12.9 Å². The molecule has 25 heavy (non-hydrogen) atoms. The summed E-state index contributed by atoms with van der Waals surface area (Å²) in [5.74, 6) is 0.516. The molecule has 0 N–H and O–H groups in total. The molecule has 4 rings (SSSR count). The third-order valence-corrected chi connectivity index (χ3v) is 4.95. The molecule has 0 spiro atoms. The Morgan fingerprint density at radius 2 is 1.40 bits per heavy atom. The maximum Gasteiger partial charge on any atom is 0.0780 e. The van der Waals surface area contributed by atoms with Crippen molar-refractivity contribution in [1.29, 1.82) is 0 Å². The monoisotopic (exact) mass is 325 g/mol. The Morgan fingerprint density at radius 1 is 0.720 bits per heavy atom. The zero-order valence-electron chi connectivity index (χ0n) is 15.3. The van der Waals surface area contributed by atoms with Gasteiger partial charge in [-0.15, -0.1) is 0 Å². The summed E-state index contributed by atoms with van der Waals surface area (Å²) >= 11 is 0. The van der Waals surface area contributed by atoms with Gasteiger partial charge in [-0.05, 0) is 59.7 Å². The average Bonchev–Trinajstić information content (AvgIpc) is 2.59. The molecule has 0 aliphatic rings. The van der Waals surface area contributed by atoms with E-state index in [1.807, 2.05) is 6.20 Å². The van der Waals surface area contributed by atoms with Crippen molar-refractivity contribution in [3.63, 3.8) is 0 Å². The highest BCUT2D eigenvalue weighted by Gasteiger charge is 2.11. The summed E-state index contributed by atoms with van der Waals surface area (Å²) in [6.07, 6.45) is 1.94. The van der Waals surface area contributed by atoms with Crippen molar-refractivity contribution in [3.05, 3.63) is 77.5 Å². The summed E-state index contributed by atoms with van der Waals surface area (Å²) < 4.78 is 0. The van der Waals surface area contributed by atoms with Gasteiger partial charge in [0.15, 0.2) is 0 Å². The Bertz CT molecular complexity index is 1070. The van der Waals surface area contributed by atoms with E-state index in [9.17, 15) is 0 Å². The molecule has 1 heterocycles.